The molecular formula is C23H18N2O3. The molecule has 2 aromatic carbocycles. The highest BCUT2D eigenvalue weighted by molar-refractivity contribution is 6.14. The molecule has 138 valence electrons. The molecule has 0 aliphatic heterocycles. The lowest BCUT2D eigenvalue weighted by Gasteiger charge is -2.09. The maximum atomic E-state index is 12.7. The lowest BCUT2D eigenvalue weighted by atomic mass is 10.0. The SMILES string of the molecule is COc1ccc(C(=O)C(C#N)=Cc2ccccc2OCc2cccnc2)cc1. The number of hydrogen-bond donors (Lipinski definition) is 0. The Balaban J connectivity index is 1.84. The molecule has 0 bridgehead atoms. The van der Waals surface area contributed by atoms with Crippen LogP contribution in [0.2, 0.25) is 0 Å². The molecule has 5 heteroatoms. The van der Waals surface area contributed by atoms with Crippen LogP contribution >= 0.6 is 0 Å². The maximum Gasteiger partial charge on any atom is 0.203 e. The van der Waals surface area contributed by atoms with Gasteiger partial charge in [-0.25, -0.2) is 0 Å². The zero-order chi connectivity index (χ0) is 19.8. The van der Waals surface area contributed by atoms with Gasteiger partial charge in [0.05, 0.1) is 7.11 Å². The number of pyridine rings is 1. The third-order valence-electron chi connectivity index (χ3n) is 4.05. The Morgan fingerprint density at radius 3 is 2.57 bits per heavy atom. The average molecular weight is 370 g/mol. The number of nitrogens with zero attached hydrogens (tertiary/aromatic N) is 2. The van der Waals surface area contributed by atoms with Crippen LogP contribution in [0.4, 0.5) is 0 Å². The Morgan fingerprint density at radius 2 is 1.89 bits per heavy atom. The van der Waals surface area contributed by atoms with E-state index in [1.807, 2.05) is 30.3 Å². The van der Waals surface area contributed by atoms with Gasteiger partial charge in [0.1, 0.15) is 29.7 Å². The van der Waals surface area contributed by atoms with Gasteiger partial charge in [-0.2, -0.15) is 5.26 Å². The number of allylic oxidation sites excluding steroid dienone is 1. The van der Waals surface area contributed by atoms with E-state index in [4.69, 9.17) is 9.47 Å². The molecule has 5 nitrogen and oxygen atoms in total. The Morgan fingerprint density at radius 1 is 1.11 bits per heavy atom. The van der Waals surface area contributed by atoms with Gasteiger partial charge in [0.2, 0.25) is 5.78 Å². The molecule has 0 radical (unpaired) electrons. The van der Waals surface area contributed by atoms with E-state index in [1.54, 1.807) is 62.0 Å². The fraction of sp³-hybridized carbons (Fsp3) is 0.0870. The van der Waals surface area contributed by atoms with Crippen molar-refractivity contribution in [1.82, 2.24) is 4.98 Å². The fourth-order valence-corrected chi connectivity index (χ4v) is 2.58. The molecular weight excluding hydrogens is 352 g/mol. The van der Waals surface area contributed by atoms with Crippen LogP contribution < -0.4 is 9.47 Å². The quantitative estimate of drug-likeness (QED) is 0.349. The molecule has 1 aromatic heterocycles. The second-order valence-corrected chi connectivity index (χ2v) is 5.92. The molecule has 0 spiro atoms. The highest BCUT2D eigenvalue weighted by Gasteiger charge is 2.13. The first-order valence-corrected chi connectivity index (χ1v) is 8.62. The third-order valence-corrected chi connectivity index (χ3v) is 4.05. The van der Waals surface area contributed by atoms with Crippen LogP contribution in [0.15, 0.2) is 78.6 Å². The summed E-state index contributed by atoms with van der Waals surface area (Å²) in [4.78, 5) is 16.8. The molecule has 0 amide bonds. The number of hydrogen-bond acceptors (Lipinski definition) is 5. The Labute approximate surface area is 163 Å². The minimum absolute atomic E-state index is 0.0302. The lowest BCUT2D eigenvalue weighted by molar-refractivity contribution is 0.104. The number of benzene rings is 2. The summed E-state index contributed by atoms with van der Waals surface area (Å²) in [6, 6.07) is 19.7. The highest BCUT2D eigenvalue weighted by Crippen LogP contribution is 2.23. The Bertz CT molecular complexity index is 1020. The van der Waals surface area contributed by atoms with Crippen molar-refractivity contribution in [1.29, 1.82) is 5.26 Å². The first-order valence-electron chi connectivity index (χ1n) is 8.62. The van der Waals surface area contributed by atoms with Crippen molar-refractivity contribution >= 4 is 11.9 Å². The van der Waals surface area contributed by atoms with Crippen molar-refractivity contribution in [2.24, 2.45) is 0 Å². The van der Waals surface area contributed by atoms with Crippen molar-refractivity contribution in [3.05, 3.63) is 95.3 Å². The maximum absolute atomic E-state index is 12.7. The number of methoxy groups -OCH3 is 1. The van der Waals surface area contributed by atoms with E-state index in [-0.39, 0.29) is 11.4 Å². The number of aromatic nitrogens is 1. The summed E-state index contributed by atoms with van der Waals surface area (Å²) in [6.07, 6.45) is 4.97. The van der Waals surface area contributed by atoms with Crippen LogP contribution in [0, 0.1) is 11.3 Å². The zero-order valence-electron chi connectivity index (χ0n) is 15.3. The van der Waals surface area contributed by atoms with Gasteiger partial charge in [0.25, 0.3) is 0 Å². The van der Waals surface area contributed by atoms with Crippen LogP contribution in [0.3, 0.4) is 0 Å². The van der Waals surface area contributed by atoms with Crippen molar-refractivity contribution in [3.8, 4) is 17.6 Å². The number of carbonyl (C=O) groups is 1. The Kier molecular flexibility index (Phi) is 6.17. The summed E-state index contributed by atoms with van der Waals surface area (Å²) < 4.78 is 11.0. The molecule has 0 fully saturated rings. The number of ketones is 1. The predicted molar refractivity (Wildman–Crippen MR) is 106 cm³/mol. The second-order valence-electron chi connectivity index (χ2n) is 5.92. The van der Waals surface area contributed by atoms with Crippen molar-refractivity contribution in [2.45, 2.75) is 6.61 Å². The van der Waals surface area contributed by atoms with E-state index >= 15 is 0 Å². The van der Waals surface area contributed by atoms with Crippen molar-refractivity contribution in [2.75, 3.05) is 7.11 Å². The molecule has 28 heavy (non-hydrogen) atoms. The predicted octanol–water partition coefficient (Wildman–Crippen LogP) is 4.46. The fourth-order valence-electron chi connectivity index (χ4n) is 2.58. The normalized spacial score (nSPS) is 10.8. The summed E-state index contributed by atoms with van der Waals surface area (Å²) in [5.41, 5.74) is 2.03. The van der Waals surface area contributed by atoms with E-state index < -0.39 is 0 Å². The van der Waals surface area contributed by atoms with Gasteiger partial charge in [0.15, 0.2) is 0 Å². The summed E-state index contributed by atoms with van der Waals surface area (Å²) in [5.74, 6) is 0.877. The number of para-hydroxylation sites is 1. The first-order chi connectivity index (χ1) is 13.7. The molecule has 0 unspecified atom stereocenters. The van der Waals surface area contributed by atoms with Gasteiger partial charge in [-0.3, -0.25) is 9.78 Å². The van der Waals surface area contributed by atoms with Gasteiger partial charge in [-0.15, -0.1) is 0 Å². The monoisotopic (exact) mass is 370 g/mol. The number of Topliss-reactive ketones (excluding diaryl/α,β-unsaturated/α-hetero) is 1. The number of ether oxygens (including phenoxy) is 2. The van der Waals surface area contributed by atoms with Crippen molar-refractivity contribution < 1.29 is 14.3 Å². The van der Waals surface area contributed by atoms with Gasteiger partial charge >= 0.3 is 0 Å². The molecule has 0 saturated carbocycles. The average Bonchev–Trinajstić information content (AvgIpc) is 2.77. The molecule has 1 heterocycles. The lowest BCUT2D eigenvalue weighted by Crippen LogP contribution is -2.02. The van der Waals surface area contributed by atoms with E-state index in [9.17, 15) is 10.1 Å². The molecule has 3 aromatic rings. The minimum Gasteiger partial charge on any atom is -0.497 e. The van der Waals surface area contributed by atoms with E-state index in [2.05, 4.69) is 4.98 Å². The third kappa shape index (κ3) is 4.63. The molecule has 0 N–H and O–H groups in total. The summed E-state index contributed by atoms with van der Waals surface area (Å²) in [7, 11) is 1.56. The summed E-state index contributed by atoms with van der Waals surface area (Å²) >= 11 is 0. The standard InChI is InChI=1S/C23H18N2O3/c1-27-21-10-8-18(9-11-21)23(26)20(14-24)13-19-6-2-3-7-22(19)28-16-17-5-4-12-25-15-17/h2-13,15H,16H2,1H3. The van der Waals surface area contributed by atoms with Crippen LogP contribution in [0.5, 0.6) is 11.5 Å². The molecule has 0 saturated heterocycles. The van der Waals surface area contributed by atoms with Crippen LogP contribution in [0.1, 0.15) is 21.5 Å². The number of nitriles is 1. The molecule has 0 aliphatic rings. The van der Waals surface area contributed by atoms with Gasteiger partial charge in [-0.1, -0.05) is 24.3 Å². The Hall–Kier alpha value is -3.91. The van der Waals surface area contributed by atoms with Gasteiger partial charge in [-0.05, 0) is 42.5 Å². The second kappa shape index (κ2) is 9.15. The van der Waals surface area contributed by atoms with E-state index in [1.165, 1.54) is 0 Å². The molecule has 0 atom stereocenters. The van der Waals surface area contributed by atoms with E-state index in [0.29, 0.717) is 29.2 Å². The smallest absolute Gasteiger partial charge is 0.203 e. The highest BCUT2D eigenvalue weighted by atomic mass is 16.5. The molecule has 0 aliphatic carbocycles. The minimum atomic E-state index is -0.354. The van der Waals surface area contributed by atoms with Gasteiger partial charge < -0.3 is 9.47 Å². The van der Waals surface area contributed by atoms with E-state index in [0.717, 1.165) is 5.56 Å². The number of rotatable bonds is 7. The summed E-state index contributed by atoms with van der Waals surface area (Å²) in [5, 5.41) is 9.51. The van der Waals surface area contributed by atoms with Crippen LogP contribution in [-0.4, -0.2) is 17.9 Å². The zero-order valence-corrected chi connectivity index (χ0v) is 15.3. The van der Waals surface area contributed by atoms with Crippen LogP contribution in [0.25, 0.3) is 6.08 Å². The number of carbonyl (C=O) groups excluding carboxylic acids is 1. The molecule has 3 rings (SSSR count). The van der Waals surface area contributed by atoms with Gasteiger partial charge in [0, 0.05) is 29.1 Å². The topological polar surface area (TPSA) is 72.2 Å². The first kappa shape index (κ1) is 18.9. The largest absolute Gasteiger partial charge is 0.497 e. The van der Waals surface area contributed by atoms with Crippen molar-refractivity contribution in [3.63, 3.8) is 0 Å². The summed E-state index contributed by atoms with van der Waals surface area (Å²) in [6.45, 7) is 0.340. The van der Waals surface area contributed by atoms with Crippen LogP contribution in [-0.2, 0) is 6.61 Å².